The van der Waals surface area contributed by atoms with Gasteiger partial charge in [0.05, 0.1) is 0 Å². The average molecular weight is 128 g/mol. The van der Waals surface area contributed by atoms with E-state index in [1.165, 1.54) is 0 Å². The third-order valence-corrected chi connectivity index (χ3v) is 2.56. The molecule has 0 aromatic rings. The summed E-state index contributed by atoms with van der Waals surface area (Å²) in [6.07, 6.45) is 0. The van der Waals surface area contributed by atoms with Crippen LogP contribution in [-0.2, 0) is 4.74 Å². The van der Waals surface area contributed by atoms with Crippen molar-refractivity contribution in [3.05, 3.63) is 0 Å². The van der Waals surface area contributed by atoms with Crippen LogP contribution in [0.4, 0.5) is 0 Å². The molecular formula is C8H16O. The van der Waals surface area contributed by atoms with E-state index in [1.54, 1.807) is 0 Å². The molecule has 0 amide bonds. The van der Waals surface area contributed by atoms with Crippen molar-refractivity contribution in [2.24, 2.45) is 17.8 Å². The van der Waals surface area contributed by atoms with E-state index in [-0.39, 0.29) is 0 Å². The number of hydrogen-bond acceptors (Lipinski definition) is 1. The quantitative estimate of drug-likeness (QED) is 0.484. The van der Waals surface area contributed by atoms with Crippen LogP contribution in [0.5, 0.6) is 0 Å². The molecule has 0 aliphatic carbocycles. The molecule has 1 heteroatoms. The fraction of sp³-hybridized carbons (Fsp3) is 1.00. The molecule has 1 saturated heterocycles. The lowest BCUT2D eigenvalue weighted by Gasteiger charge is -2.31. The fourth-order valence-electron chi connectivity index (χ4n) is 1.30. The molecule has 0 aromatic carbocycles. The van der Waals surface area contributed by atoms with Crippen LogP contribution in [0.15, 0.2) is 0 Å². The van der Waals surface area contributed by atoms with Crippen LogP contribution in [0.25, 0.3) is 0 Å². The van der Waals surface area contributed by atoms with Gasteiger partial charge in [-0.25, -0.2) is 0 Å². The van der Waals surface area contributed by atoms with Crippen molar-refractivity contribution < 1.29 is 4.74 Å². The summed E-state index contributed by atoms with van der Waals surface area (Å²) >= 11 is 0. The molecule has 0 unspecified atom stereocenters. The van der Waals surface area contributed by atoms with E-state index in [9.17, 15) is 0 Å². The van der Waals surface area contributed by atoms with Gasteiger partial charge in [-0.15, -0.1) is 0 Å². The van der Waals surface area contributed by atoms with E-state index in [4.69, 9.17) is 4.74 Å². The molecule has 1 aliphatic heterocycles. The number of ether oxygens (including phenoxy) is 1. The van der Waals surface area contributed by atoms with Crippen molar-refractivity contribution in [3.63, 3.8) is 0 Å². The molecule has 1 heterocycles. The van der Waals surface area contributed by atoms with E-state index in [2.05, 4.69) is 20.8 Å². The first-order valence-electron chi connectivity index (χ1n) is 3.79. The Morgan fingerprint density at radius 3 is 1.78 bits per heavy atom. The SMILES string of the molecule is C[C@@H]1[C@H](C)COC[C@@H]1C. The highest BCUT2D eigenvalue weighted by Gasteiger charge is 2.23. The third-order valence-electron chi connectivity index (χ3n) is 2.56. The van der Waals surface area contributed by atoms with Crippen LogP contribution in [-0.4, -0.2) is 13.2 Å². The van der Waals surface area contributed by atoms with Crippen molar-refractivity contribution in [3.8, 4) is 0 Å². The zero-order valence-electron chi connectivity index (χ0n) is 6.55. The third kappa shape index (κ3) is 1.45. The van der Waals surface area contributed by atoms with Gasteiger partial charge in [-0.1, -0.05) is 20.8 Å². The minimum absolute atomic E-state index is 0.758. The number of rotatable bonds is 0. The molecule has 1 nitrogen and oxygen atoms in total. The zero-order valence-corrected chi connectivity index (χ0v) is 6.55. The highest BCUT2D eigenvalue weighted by atomic mass is 16.5. The molecule has 0 radical (unpaired) electrons. The standard InChI is InChI=1S/C8H16O/c1-6-4-9-5-7(2)8(6)3/h6-8H,4-5H2,1-3H3/t6-,7+,8-. The molecule has 9 heavy (non-hydrogen) atoms. The van der Waals surface area contributed by atoms with Gasteiger partial charge in [-0.3, -0.25) is 0 Å². The van der Waals surface area contributed by atoms with Gasteiger partial charge in [0.1, 0.15) is 0 Å². The van der Waals surface area contributed by atoms with Gasteiger partial charge in [0.25, 0.3) is 0 Å². The van der Waals surface area contributed by atoms with Crippen molar-refractivity contribution in [2.45, 2.75) is 20.8 Å². The average Bonchev–Trinajstić information content (AvgIpc) is 1.83. The van der Waals surface area contributed by atoms with Crippen LogP contribution < -0.4 is 0 Å². The summed E-state index contributed by atoms with van der Waals surface area (Å²) in [5.41, 5.74) is 0. The Morgan fingerprint density at radius 2 is 1.44 bits per heavy atom. The topological polar surface area (TPSA) is 9.23 Å². The number of hydrogen-bond donors (Lipinski definition) is 0. The van der Waals surface area contributed by atoms with Gasteiger partial charge in [0.15, 0.2) is 0 Å². The van der Waals surface area contributed by atoms with Gasteiger partial charge >= 0.3 is 0 Å². The van der Waals surface area contributed by atoms with Gasteiger partial charge < -0.3 is 4.74 Å². The smallest absolute Gasteiger partial charge is 0.0494 e. The Bertz CT molecular complexity index is 80.6. The first kappa shape index (κ1) is 7.07. The first-order chi connectivity index (χ1) is 4.22. The second-order valence-electron chi connectivity index (χ2n) is 3.35. The van der Waals surface area contributed by atoms with Crippen LogP contribution in [0.1, 0.15) is 20.8 Å². The second-order valence-corrected chi connectivity index (χ2v) is 3.35. The molecule has 0 bridgehead atoms. The summed E-state index contributed by atoms with van der Waals surface area (Å²) < 4.78 is 5.36. The van der Waals surface area contributed by atoms with Crippen LogP contribution in [0.3, 0.4) is 0 Å². The Morgan fingerprint density at radius 1 is 1.00 bits per heavy atom. The normalized spacial score (nSPS) is 45.0. The molecule has 3 atom stereocenters. The molecular weight excluding hydrogens is 112 g/mol. The molecule has 0 aromatic heterocycles. The van der Waals surface area contributed by atoms with Gasteiger partial charge in [0.2, 0.25) is 0 Å². The van der Waals surface area contributed by atoms with Gasteiger partial charge in [-0.05, 0) is 17.8 Å². The highest BCUT2D eigenvalue weighted by Crippen LogP contribution is 2.25. The molecule has 54 valence electrons. The minimum Gasteiger partial charge on any atom is -0.381 e. The largest absolute Gasteiger partial charge is 0.381 e. The first-order valence-corrected chi connectivity index (χ1v) is 3.79. The van der Waals surface area contributed by atoms with Gasteiger partial charge in [0, 0.05) is 13.2 Å². The maximum atomic E-state index is 5.36. The van der Waals surface area contributed by atoms with Crippen LogP contribution in [0.2, 0.25) is 0 Å². The molecule has 1 fully saturated rings. The second kappa shape index (κ2) is 2.70. The molecule has 1 rings (SSSR count). The molecule has 0 saturated carbocycles. The van der Waals surface area contributed by atoms with Crippen molar-refractivity contribution in [1.29, 1.82) is 0 Å². The molecule has 1 aliphatic rings. The summed E-state index contributed by atoms with van der Waals surface area (Å²) in [5, 5.41) is 0. The van der Waals surface area contributed by atoms with E-state index >= 15 is 0 Å². The van der Waals surface area contributed by atoms with Gasteiger partial charge in [-0.2, -0.15) is 0 Å². The lowest BCUT2D eigenvalue weighted by Crippen LogP contribution is -2.30. The Balaban J connectivity index is 2.41. The minimum atomic E-state index is 0.758. The predicted molar refractivity (Wildman–Crippen MR) is 38.3 cm³/mol. The summed E-state index contributed by atoms with van der Waals surface area (Å²) in [4.78, 5) is 0. The Hall–Kier alpha value is -0.0400. The Labute approximate surface area is 57.4 Å². The summed E-state index contributed by atoms with van der Waals surface area (Å²) in [7, 11) is 0. The highest BCUT2D eigenvalue weighted by molar-refractivity contribution is 4.71. The summed E-state index contributed by atoms with van der Waals surface area (Å²) in [6.45, 7) is 8.77. The summed E-state index contributed by atoms with van der Waals surface area (Å²) in [5.74, 6) is 2.36. The van der Waals surface area contributed by atoms with E-state index in [0.717, 1.165) is 31.0 Å². The lowest BCUT2D eigenvalue weighted by molar-refractivity contribution is -0.00914. The lowest BCUT2D eigenvalue weighted by atomic mass is 9.84. The van der Waals surface area contributed by atoms with Crippen molar-refractivity contribution in [1.82, 2.24) is 0 Å². The summed E-state index contributed by atoms with van der Waals surface area (Å²) in [6, 6.07) is 0. The maximum Gasteiger partial charge on any atom is 0.0494 e. The van der Waals surface area contributed by atoms with Crippen LogP contribution in [0, 0.1) is 17.8 Å². The Kier molecular flexibility index (Phi) is 2.12. The van der Waals surface area contributed by atoms with E-state index in [1.807, 2.05) is 0 Å². The fourth-order valence-corrected chi connectivity index (χ4v) is 1.30. The zero-order chi connectivity index (χ0) is 6.85. The van der Waals surface area contributed by atoms with E-state index < -0.39 is 0 Å². The monoisotopic (exact) mass is 128 g/mol. The van der Waals surface area contributed by atoms with Crippen molar-refractivity contribution >= 4 is 0 Å². The predicted octanol–water partition coefficient (Wildman–Crippen LogP) is 1.92. The van der Waals surface area contributed by atoms with Crippen LogP contribution >= 0.6 is 0 Å². The maximum absolute atomic E-state index is 5.36. The molecule has 0 spiro atoms. The van der Waals surface area contributed by atoms with Crippen molar-refractivity contribution in [2.75, 3.05) is 13.2 Å². The van der Waals surface area contributed by atoms with E-state index in [0.29, 0.717) is 0 Å². The molecule has 0 N–H and O–H groups in total.